The number of β-lactam (4-membered cyclic amide) rings is 1. The zero-order valence-corrected chi connectivity index (χ0v) is 17.8. The van der Waals surface area contributed by atoms with Gasteiger partial charge in [0.2, 0.25) is 0 Å². The van der Waals surface area contributed by atoms with Gasteiger partial charge in [-0.1, -0.05) is 0 Å². The molecule has 3 aliphatic heterocycles. The summed E-state index contributed by atoms with van der Waals surface area (Å²) < 4.78 is 43.2. The van der Waals surface area contributed by atoms with Crippen LogP contribution in [0.4, 0.5) is 22.8 Å². The quantitative estimate of drug-likeness (QED) is 0.340. The second-order valence-corrected chi connectivity index (χ2v) is 6.65. The second-order valence-electron chi connectivity index (χ2n) is 6.65. The summed E-state index contributed by atoms with van der Waals surface area (Å²) in [6.45, 7) is -1.09. The predicted octanol–water partition coefficient (Wildman–Crippen LogP) is -4.85. The molecular weight excluding hydrogens is 428 g/mol. The van der Waals surface area contributed by atoms with Gasteiger partial charge >= 0.3 is 53.8 Å². The summed E-state index contributed by atoms with van der Waals surface area (Å²) in [5, 5.41) is 11.5. The molecule has 30 heavy (non-hydrogen) atoms. The molecular formula is C15H14F3N4NaO7. The summed E-state index contributed by atoms with van der Waals surface area (Å²) in [7, 11) is 1.02. The molecule has 15 heteroatoms. The fraction of sp³-hybridized carbons (Fsp3) is 0.533. The maximum absolute atomic E-state index is 12.8. The molecule has 0 aromatic rings. The van der Waals surface area contributed by atoms with E-state index in [1.807, 2.05) is 0 Å². The number of rotatable bonds is 3. The molecule has 0 bridgehead atoms. The molecule has 0 saturated carbocycles. The van der Waals surface area contributed by atoms with Crippen LogP contribution in [0, 0.1) is 5.92 Å². The Labute approximate surface area is 188 Å². The van der Waals surface area contributed by atoms with Crippen LogP contribution in [0.1, 0.15) is 6.42 Å². The van der Waals surface area contributed by atoms with Crippen LogP contribution in [0.5, 0.6) is 0 Å². The largest absolute Gasteiger partial charge is 1.00 e. The maximum Gasteiger partial charge on any atom is 1.00 e. The van der Waals surface area contributed by atoms with Crippen LogP contribution in [0.3, 0.4) is 0 Å². The van der Waals surface area contributed by atoms with Gasteiger partial charge in [0.15, 0.2) is 0 Å². The Morgan fingerprint density at radius 2 is 1.90 bits per heavy atom. The molecule has 158 valence electrons. The smallest absolute Gasteiger partial charge is 0.543 e. The number of halogens is 3. The van der Waals surface area contributed by atoms with E-state index in [1.165, 1.54) is 0 Å². The van der Waals surface area contributed by atoms with Gasteiger partial charge in [-0.15, -0.1) is 0 Å². The monoisotopic (exact) mass is 442 g/mol. The van der Waals surface area contributed by atoms with Gasteiger partial charge in [0.05, 0.1) is 17.7 Å². The Morgan fingerprint density at radius 3 is 2.40 bits per heavy atom. The van der Waals surface area contributed by atoms with Gasteiger partial charge in [0.1, 0.15) is 12.6 Å². The first-order chi connectivity index (χ1) is 13.4. The molecule has 2 saturated heterocycles. The number of alkyl halides is 3. The average molecular weight is 442 g/mol. The molecule has 5 amide bonds. The van der Waals surface area contributed by atoms with Gasteiger partial charge < -0.3 is 30.2 Å². The van der Waals surface area contributed by atoms with Crippen molar-refractivity contribution in [2.45, 2.75) is 24.7 Å². The van der Waals surface area contributed by atoms with E-state index < -0.39 is 72.9 Å². The number of piperidine rings is 1. The Bertz CT molecular complexity index is 862. The second kappa shape index (κ2) is 8.07. The summed E-state index contributed by atoms with van der Waals surface area (Å²) in [5.41, 5.74) is 4.26. The van der Waals surface area contributed by atoms with Crippen LogP contribution < -0.4 is 40.4 Å². The third kappa shape index (κ3) is 3.63. The number of nitrogens with zero attached hydrogens (tertiary/aromatic N) is 3. The van der Waals surface area contributed by atoms with Crippen LogP contribution in [0.25, 0.3) is 0 Å². The van der Waals surface area contributed by atoms with Crippen LogP contribution in [-0.2, 0) is 19.1 Å². The summed E-state index contributed by atoms with van der Waals surface area (Å²) >= 11 is 0. The number of hydrogen-bond acceptors (Lipinski definition) is 7. The van der Waals surface area contributed by atoms with Gasteiger partial charge in [0.25, 0.3) is 5.91 Å². The number of carboxylic acid groups (broad SMARTS) is 1. The Morgan fingerprint density at radius 1 is 1.30 bits per heavy atom. The number of nitrogens with two attached hydrogens (primary N) is 1. The predicted molar refractivity (Wildman–Crippen MR) is 81.0 cm³/mol. The summed E-state index contributed by atoms with van der Waals surface area (Å²) in [6, 6.07) is -3.63. The number of urea groups is 1. The number of carbonyl (C=O) groups is 5. The number of carboxylic acids is 1. The molecule has 0 aliphatic carbocycles. The Hall–Kier alpha value is -2.32. The van der Waals surface area contributed by atoms with Gasteiger partial charge in [0, 0.05) is 19.5 Å². The first-order valence-electron chi connectivity index (χ1n) is 8.23. The van der Waals surface area contributed by atoms with Crippen LogP contribution in [-0.4, -0.2) is 83.1 Å². The van der Waals surface area contributed by atoms with Crippen molar-refractivity contribution in [2.24, 2.45) is 11.7 Å². The molecule has 3 rings (SSSR count). The molecule has 0 spiro atoms. The third-order valence-corrected chi connectivity index (χ3v) is 5.19. The standard InChI is InChI=1S/C15H15F3N4O7.Na/c1-20(13(19)27)14(28)29-4-6-5-2-3-21(12(26)15(16,17)18)9-7(5)22(10(9)23)8(6)11(24)25;/h5,7,9H,2-4H2,1H3,(H2,19,27)(H,24,25);/q;+1/p-1. The Balaban J connectivity index is 0.00000320. The van der Waals surface area contributed by atoms with Crippen molar-refractivity contribution < 1.29 is 76.5 Å². The van der Waals surface area contributed by atoms with E-state index in [2.05, 4.69) is 0 Å². The van der Waals surface area contributed by atoms with Crippen LogP contribution in [0.15, 0.2) is 11.3 Å². The van der Waals surface area contributed by atoms with Gasteiger partial charge in [-0.05, 0) is 12.0 Å². The molecule has 3 unspecified atom stereocenters. The number of ether oxygens (including phenoxy) is 1. The molecule has 0 aromatic heterocycles. The number of aliphatic carboxylic acids is 1. The molecule has 11 nitrogen and oxygen atoms in total. The molecule has 2 N–H and O–H groups in total. The SMILES string of the molecule is CN(C(N)=O)C(=O)OCC1=C(C(=O)[O-])N2C(=O)C3C2C1CCN3C(=O)C(F)(F)F.[Na+]. The summed E-state index contributed by atoms with van der Waals surface area (Å²) in [4.78, 5) is 59.8. The van der Waals surface area contributed by atoms with E-state index in [4.69, 9.17) is 10.5 Å². The van der Waals surface area contributed by atoms with Crippen molar-refractivity contribution in [3.8, 4) is 0 Å². The fourth-order valence-corrected chi connectivity index (χ4v) is 3.89. The minimum atomic E-state index is -5.19. The van der Waals surface area contributed by atoms with Crippen molar-refractivity contribution >= 4 is 29.9 Å². The maximum atomic E-state index is 12.8. The molecule has 2 fully saturated rings. The third-order valence-electron chi connectivity index (χ3n) is 5.19. The van der Waals surface area contributed by atoms with Crippen molar-refractivity contribution in [2.75, 3.05) is 20.2 Å². The topological polar surface area (TPSA) is 153 Å². The molecule has 3 heterocycles. The number of imide groups is 1. The number of primary amides is 1. The van der Waals surface area contributed by atoms with Crippen molar-refractivity contribution in [1.29, 1.82) is 0 Å². The van der Waals surface area contributed by atoms with Crippen molar-refractivity contribution in [3.63, 3.8) is 0 Å². The van der Waals surface area contributed by atoms with E-state index in [9.17, 15) is 42.3 Å². The zero-order valence-electron chi connectivity index (χ0n) is 15.8. The molecule has 0 radical (unpaired) electrons. The summed E-state index contributed by atoms with van der Waals surface area (Å²) in [6.07, 6.45) is -6.47. The van der Waals surface area contributed by atoms with E-state index in [1.54, 1.807) is 0 Å². The Kier molecular flexibility index (Phi) is 6.45. The molecule has 0 aromatic carbocycles. The number of amides is 5. The van der Waals surface area contributed by atoms with E-state index in [-0.39, 0.29) is 41.6 Å². The first-order valence-corrected chi connectivity index (χ1v) is 8.23. The first kappa shape index (κ1) is 24.0. The van der Waals surface area contributed by atoms with Gasteiger partial charge in [-0.25, -0.2) is 14.5 Å². The van der Waals surface area contributed by atoms with E-state index in [0.717, 1.165) is 11.9 Å². The minimum Gasteiger partial charge on any atom is -0.543 e. The van der Waals surface area contributed by atoms with Crippen molar-refractivity contribution in [3.05, 3.63) is 11.3 Å². The van der Waals surface area contributed by atoms with Crippen LogP contribution in [0.2, 0.25) is 0 Å². The van der Waals surface area contributed by atoms with E-state index in [0.29, 0.717) is 9.80 Å². The molecule has 3 aliphatic rings. The zero-order chi connectivity index (χ0) is 21.8. The average Bonchev–Trinajstić information content (AvgIpc) is 2.95. The van der Waals surface area contributed by atoms with Crippen molar-refractivity contribution in [1.82, 2.24) is 14.7 Å². The number of carbonyl (C=O) groups excluding carboxylic acids is 5. The minimum absolute atomic E-state index is 0. The fourth-order valence-electron chi connectivity index (χ4n) is 3.89. The van der Waals surface area contributed by atoms with Gasteiger partial charge in [-0.3, -0.25) is 9.59 Å². The van der Waals surface area contributed by atoms with E-state index >= 15 is 0 Å². The van der Waals surface area contributed by atoms with Gasteiger partial charge in [-0.2, -0.15) is 13.2 Å². The number of likely N-dealkylation sites (tertiary alicyclic amines) is 1. The summed E-state index contributed by atoms with van der Waals surface area (Å²) in [5.74, 6) is -5.72. The number of hydrogen-bond donors (Lipinski definition) is 1. The normalized spacial score (nSPS) is 24.5. The van der Waals surface area contributed by atoms with Crippen LogP contribution >= 0.6 is 0 Å². The molecule has 3 atom stereocenters.